The third kappa shape index (κ3) is 2.82. The lowest BCUT2D eigenvalue weighted by Gasteiger charge is -2.20. The van der Waals surface area contributed by atoms with Gasteiger partial charge in [-0.25, -0.2) is 4.39 Å². The number of aryl methyl sites for hydroxylation is 1. The van der Waals surface area contributed by atoms with Gasteiger partial charge in [0.15, 0.2) is 0 Å². The molecule has 0 bridgehead atoms. The van der Waals surface area contributed by atoms with E-state index in [0.29, 0.717) is 11.8 Å². The van der Waals surface area contributed by atoms with E-state index in [-0.39, 0.29) is 11.1 Å². The topological polar surface area (TPSA) is 56.6 Å². The van der Waals surface area contributed by atoms with Crippen molar-refractivity contribution in [3.05, 3.63) is 51.7 Å². The van der Waals surface area contributed by atoms with Crippen LogP contribution >= 0.6 is 0 Å². The number of aromatic amines is 1. The second-order valence-corrected chi connectivity index (χ2v) is 4.49. The normalized spacial score (nSPS) is 11.2. The van der Waals surface area contributed by atoms with Crippen LogP contribution in [0.15, 0.2) is 29.1 Å². The first-order valence-electron chi connectivity index (χ1n) is 5.88. The summed E-state index contributed by atoms with van der Waals surface area (Å²) in [6, 6.07) is 5.00. The van der Waals surface area contributed by atoms with Crippen molar-refractivity contribution in [2.75, 3.05) is 0 Å². The first-order valence-corrected chi connectivity index (χ1v) is 5.88. The van der Waals surface area contributed by atoms with Gasteiger partial charge in [0.1, 0.15) is 17.4 Å². The van der Waals surface area contributed by atoms with Crippen LogP contribution in [0.2, 0.25) is 0 Å². The molecule has 1 heterocycles. The monoisotopic (exact) mass is 295 g/mol. The summed E-state index contributed by atoms with van der Waals surface area (Å²) in [5.74, 6) is -1.03. The van der Waals surface area contributed by atoms with E-state index in [4.69, 9.17) is 5.26 Å². The van der Waals surface area contributed by atoms with Gasteiger partial charge < -0.3 is 17.9 Å². The Bertz CT molecular complexity index is 805. The number of nitriles is 1. The van der Waals surface area contributed by atoms with Crippen LogP contribution in [0, 0.1) is 24.1 Å². The predicted molar refractivity (Wildman–Crippen MR) is 70.6 cm³/mol. The highest BCUT2D eigenvalue weighted by atomic mass is 19.4. The molecule has 2 aromatic rings. The summed E-state index contributed by atoms with van der Waals surface area (Å²) in [5, 5.41) is 8.98. The van der Waals surface area contributed by atoms with Crippen LogP contribution in [-0.4, -0.2) is 12.0 Å². The number of benzene rings is 1. The molecule has 0 aliphatic heterocycles. The smallest absolute Gasteiger partial charge is 0.445 e. The van der Waals surface area contributed by atoms with Crippen LogP contribution in [0.3, 0.4) is 0 Å². The van der Waals surface area contributed by atoms with Gasteiger partial charge in [0.25, 0.3) is 5.56 Å². The molecule has 108 valence electrons. The zero-order valence-corrected chi connectivity index (χ0v) is 10.8. The van der Waals surface area contributed by atoms with Crippen molar-refractivity contribution < 1.29 is 17.3 Å². The third-order valence-electron chi connectivity index (χ3n) is 2.94. The Labute approximate surface area is 116 Å². The molecule has 1 aromatic heterocycles. The minimum Gasteiger partial charge on any atom is -0.445 e. The Morgan fingerprint density at radius 3 is 2.43 bits per heavy atom. The van der Waals surface area contributed by atoms with Gasteiger partial charge in [-0.15, -0.1) is 0 Å². The zero-order chi connectivity index (χ0) is 15.8. The van der Waals surface area contributed by atoms with Crippen molar-refractivity contribution >= 4 is 12.4 Å². The predicted octanol–water partition coefficient (Wildman–Crippen LogP) is 2.42. The molecule has 0 amide bonds. The van der Waals surface area contributed by atoms with Gasteiger partial charge in [0.2, 0.25) is 0 Å². The zero-order valence-electron chi connectivity index (χ0n) is 10.8. The summed E-state index contributed by atoms with van der Waals surface area (Å²) in [7, 11) is 0. The first kappa shape index (κ1) is 14.8. The Morgan fingerprint density at radius 1 is 1.19 bits per heavy atom. The van der Waals surface area contributed by atoms with Gasteiger partial charge in [-0.05, 0) is 24.6 Å². The van der Waals surface area contributed by atoms with Gasteiger partial charge in [0, 0.05) is 11.3 Å². The molecule has 0 aliphatic rings. The molecular weight excluding hydrogens is 287 g/mol. The summed E-state index contributed by atoms with van der Waals surface area (Å²) in [6.45, 7) is -4.01. The Kier molecular flexibility index (Phi) is 3.60. The largest absolute Gasteiger partial charge is 0.510 e. The first-order chi connectivity index (χ1) is 9.74. The molecule has 0 saturated carbocycles. The van der Waals surface area contributed by atoms with E-state index in [1.807, 2.05) is 0 Å². The maximum absolute atomic E-state index is 13.1. The molecule has 0 aliphatic carbocycles. The molecule has 0 spiro atoms. The number of nitrogens with zero attached hydrogens (tertiary/aromatic N) is 1. The number of pyridine rings is 1. The van der Waals surface area contributed by atoms with E-state index in [2.05, 4.69) is 4.98 Å². The van der Waals surface area contributed by atoms with Crippen LogP contribution in [-0.2, 0) is 0 Å². The lowest BCUT2D eigenvalue weighted by Crippen LogP contribution is -2.36. The van der Waals surface area contributed by atoms with Gasteiger partial charge >= 0.3 is 6.98 Å². The molecule has 0 saturated heterocycles. The standard InChI is InChI=1S/C13H8BF4N2O/c1-7-4-10(11(6-19)13(21)20-7)9-3-2-8(15)5-12(9)14(16,17)18/h2-5H,1H3,(H,20,21)/q-1. The number of hydrogen-bond donors (Lipinski definition) is 1. The third-order valence-corrected chi connectivity index (χ3v) is 2.94. The molecule has 0 unspecified atom stereocenters. The summed E-state index contributed by atoms with van der Waals surface area (Å²) >= 11 is 0. The lowest BCUT2D eigenvalue weighted by atomic mass is 9.74. The second-order valence-electron chi connectivity index (χ2n) is 4.49. The van der Waals surface area contributed by atoms with Gasteiger partial charge in [0.05, 0.1) is 0 Å². The van der Waals surface area contributed by atoms with Gasteiger partial charge in [-0.3, -0.25) is 4.79 Å². The van der Waals surface area contributed by atoms with E-state index in [9.17, 15) is 22.1 Å². The highest BCUT2D eigenvalue weighted by molar-refractivity contribution is 6.75. The molecule has 2 rings (SSSR count). The fourth-order valence-electron chi connectivity index (χ4n) is 2.06. The maximum Gasteiger partial charge on any atom is 0.510 e. The molecule has 0 radical (unpaired) electrons. The van der Waals surface area contributed by atoms with Crippen molar-refractivity contribution in [3.8, 4) is 17.2 Å². The number of hydrogen-bond acceptors (Lipinski definition) is 2. The molecule has 8 heteroatoms. The van der Waals surface area contributed by atoms with E-state index < -0.39 is 29.4 Å². The molecule has 1 N–H and O–H groups in total. The van der Waals surface area contributed by atoms with Gasteiger partial charge in [-0.1, -0.05) is 17.6 Å². The van der Waals surface area contributed by atoms with E-state index in [0.717, 1.165) is 12.1 Å². The van der Waals surface area contributed by atoms with Crippen LogP contribution < -0.4 is 11.0 Å². The molecule has 1 aromatic carbocycles. The molecule has 0 atom stereocenters. The summed E-state index contributed by atoms with van der Waals surface area (Å²) in [4.78, 5) is 14.0. The lowest BCUT2D eigenvalue weighted by molar-refractivity contribution is 0.500. The van der Waals surface area contributed by atoms with Gasteiger partial charge in [-0.2, -0.15) is 5.26 Å². The van der Waals surface area contributed by atoms with E-state index in [1.165, 1.54) is 13.0 Å². The van der Waals surface area contributed by atoms with Crippen molar-refractivity contribution in [2.24, 2.45) is 0 Å². The van der Waals surface area contributed by atoms with Crippen LogP contribution in [0.5, 0.6) is 0 Å². The number of nitrogens with one attached hydrogen (secondary N) is 1. The Morgan fingerprint density at radius 2 is 1.86 bits per heavy atom. The second kappa shape index (κ2) is 5.09. The minimum atomic E-state index is -5.49. The van der Waals surface area contributed by atoms with Crippen molar-refractivity contribution in [3.63, 3.8) is 0 Å². The maximum atomic E-state index is 13.1. The van der Waals surface area contributed by atoms with Crippen molar-refractivity contribution in [2.45, 2.75) is 6.92 Å². The average Bonchev–Trinajstić information content (AvgIpc) is 2.36. The van der Waals surface area contributed by atoms with Crippen molar-refractivity contribution in [1.29, 1.82) is 5.26 Å². The highest BCUT2D eigenvalue weighted by Crippen LogP contribution is 2.25. The summed E-state index contributed by atoms with van der Waals surface area (Å²) in [6.07, 6.45) is 0. The fraction of sp³-hybridized carbons (Fsp3) is 0.0769. The number of H-pyrrole nitrogens is 1. The quantitative estimate of drug-likeness (QED) is 0.683. The van der Waals surface area contributed by atoms with E-state index in [1.54, 1.807) is 6.07 Å². The summed E-state index contributed by atoms with van der Waals surface area (Å²) in [5.41, 5.74) is -2.62. The van der Waals surface area contributed by atoms with Crippen molar-refractivity contribution in [1.82, 2.24) is 4.98 Å². The number of aromatic nitrogens is 1. The van der Waals surface area contributed by atoms with E-state index >= 15 is 0 Å². The fourth-order valence-corrected chi connectivity index (χ4v) is 2.06. The van der Waals surface area contributed by atoms with Crippen LogP contribution in [0.1, 0.15) is 11.3 Å². The minimum absolute atomic E-state index is 0.159. The Hall–Kier alpha value is -2.56. The SMILES string of the molecule is Cc1cc(-c2ccc(F)cc2[B-](F)(F)F)c(C#N)c(=O)[nH]1. The highest BCUT2D eigenvalue weighted by Gasteiger charge is 2.30. The molecule has 3 nitrogen and oxygen atoms in total. The Balaban J connectivity index is 2.87. The molecule has 21 heavy (non-hydrogen) atoms. The average molecular weight is 295 g/mol. The van der Waals surface area contributed by atoms with Crippen LogP contribution in [0.4, 0.5) is 17.3 Å². The van der Waals surface area contributed by atoms with Crippen LogP contribution in [0.25, 0.3) is 11.1 Å². The number of halogens is 4. The summed E-state index contributed by atoms with van der Waals surface area (Å²) < 4.78 is 52.3. The molecular formula is C13H8BF4N2O-. The number of rotatable bonds is 2. The molecule has 0 fully saturated rings.